The van der Waals surface area contributed by atoms with Gasteiger partial charge in [-0.3, -0.25) is 0 Å². The van der Waals surface area contributed by atoms with Crippen molar-refractivity contribution in [3.05, 3.63) is 41.5 Å². The van der Waals surface area contributed by atoms with E-state index in [1.807, 2.05) is 0 Å². The van der Waals surface area contributed by atoms with Crippen molar-refractivity contribution < 1.29 is 13.2 Å². The molecule has 1 aliphatic heterocycles. The van der Waals surface area contributed by atoms with Crippen LogP contribution in [0.15, 0.2) is 30.3 Å². The molecule has 1 nitrogen and oxygen atoms in total. The summed E-state index contributed by atoms with van der Waals surface area (Å²) >= 11 is 0. The predicted molar refractivity (Wildman–Crippen MR) is 68.6 cm³/mol. The molecule has 3 rings (SSSR count). The SMILES string of the molecule is FC(F)(F)c1ccc(C2=CCC3(CC2)CNC3)cc1. The van der Waals surface area contributed by atoms with Gasteiger partial charge in [-0.1, -0.05) is 18.2 Å². The molecule has 0 unspecified atom stereocenters. The normalized spacial score (nSPS) is 21.9. The number of benzene rings is 1. The second-order valence-corrected chi connectivity index (χ2v) is 5.61. The molecule has 19 heavy (non-hydrogen) atoms. The van der Waals surface area contributed by atoms with Gasteiger partial charge in [-0.05, 0) is 47.9 Å². The van der Waals surface area contributed by atoms with Gasteiger partial charge in [-0.15, -0.1) is 0 Å². The summed E-state index contributed by atoms with van der Waals surface area (Å²) in [5.74, 6) is 0. The molecule has 0 bridgehead atoms. The van der Waals surface area contributed by atoms with Crippen LogP contribution < -0.4 is 5.32 Å². The van der Waals surface area contributed by atoms with Crippen LogP contribution >= 0.6 is 0 Å². The Kier molecular flexibility index (Phi) is 2.93. The number of hydrogen-bond donors (Lipinski definition) is 1. The summed E-state index contributed by atoms with van der Waals surface area (Å²) in [6.07, 6.45) is 1.09. The van der Waals surface area contributed by atoms with Crippen molar-refractivity contribution in [2.75, 3.05) is 13.1 Å². The largest absolute Gasteiger partial charge is 0.416 e. The van der Waals surface area contributed by atoms with Gasteiger partial charge in [0.25, 0.3) is 0 Å². The zero-order valence-electron chi connectivity index (χ0n) is 10.6. The minimum atomic E-state index is -4.25. The zero-order valence-corrected chi connectivity index (χ0v) is 10.6. The standard InChI is InChI=1S/C15H16F3N/c16-15(17,18)13-3-1-11(2-4-13)12-5-7-14(8-6-12)9-19-10-14/h1-5,19H,6-10H2. The van der Waals surface area contributed by atoms with Crippen molar-refractivity contribution in [3.8, 4) is 0 Å². The van der Waals surface area contributed by atoms with E-state index in [1.54, 1.807) is 12.1 Å². The van der Waals surface area contributed by atoms with Crippen LogP contribution in [0.1, 0.15) is 30.4 Å². The first-order valence-electron chi connectivity index (χ1n) is 6.56. The highest BCUT2D eigenvalue weighted by molar-refractivity contribution is 5.66. The van der Waals surface area contributed by atoms with Crippen LogP contribution in [0.4, 0.5) is 13.2 Å². The predicted octanol–water partition coefficient (Wildman–Crippen LogP) is 3.86. The number of allylic oxidation sites excluding steroid dienone is 2. The average molecular weight is 267 g/mol. The lowest BCUT2D eigenvalue weighted by molar-refractivity contribution is -0.137. The average Bonchev–Trinajstić information content (AvgIpc) is 2.36. The van der Waals surface area contributed by atoms with E-state index in [0.717, 1.165) is 37.9 Å². The fraction of sp³-hybridized carbons (Fsp3) is 0.467. The Hall–Kier alpha value is -1.29. The summed E-state index contributed by atoms with van der Waals surface area (Å²) in [6, 6.07) is 5.52. The molecule has 1 spiro atoms. The summed E-state index contributed by atoms with van der Waals surface area (Å²) in [4.78, 5) is 0. The van der Waals surface area contributed by atoms with Gasteiger partial charge in [0.2, 0.25) is 0 Å². The summed E-state index contributed by atoms with van der Waals surface area (Å²) in [5, 5.41) is 3.30. The van der Waals surface area contributed by atoms with Crippen molar-refractivity contribution in [2.24, 2.45) is 5.41 Å². The van der Waals surface area contributed by atoms with E-state index in [-0.39, 0.29) is 0 Å². The Morgan fingerprint density at radius 1 is 1.05 bits per heavy atom. The van der Waals surface area contributed by atoms with E-state index in [1.165, 1.54) is 17.7 Å². The van der Waals surface area contributed by atoms with Crippen LogP contribution in [0.3, 0.4) is 0 Å². The highest BCUT2D eigenvalue weighted by Crippen LogP contribution is 2.41. The van der Waals surface area contributed by atoms with E-state index in [0.29, 0.717) is 5.41 Å². The van der Waals surface area contributed by atoms with E-state index in [4.69, 9.17) is 0 Å². The Labute approximate surface area is 110 Å². The summed E-state index contributed by atoms with van der Waals surface area (Å²) in [7, 11) is 0. The summed E-state index contributed by atoms with van der Waals surface area (Å²) < 4.78 is 37.5. The third-order valence-corrected chi connectivity index (χ3v) is 4.29. The molecule has 0 radical (unpaired) electrons. The maximum atomic E-state index is 12.5. The maximum Gasteiger partial charge on any atom is 0.416 e. The number of nitrogens with one attached hydrogen (secondary N) is 1. The first-order chi connectivity index (χ1) is 8.99. The highest BCUT2D eigenvalue weighted by Gasteiger charge is 2.37. The lowest BCUT2D eigenvalue weighted by atomic mass is 9.70. The molecule has 0 aromatic heterocycles. The fourth-order valence-electron chi connectivity index (χ4n) is 2.88. The molecular formula is C15H16F3N. The molecule has 1 fully saturated rings. The molecule has 0 atom stereocenters. The molecule has 0 amide bonds. The van der Waals surface area contributed by atoms with Gasteiger partial charge in [0, 0.05) is 13.1 Å². The van der Waals surface area contributed by atoms with Crippen molar-refractivity contribution in [1.29, 1.82) is 0 Å². The van der Waals surface area contributed by atoms with Crippen LogP contribution in [0.2, 0.25) is 0 Å². The quantitative estimate of drug-likeness (QED) is 0.814. The van der Waals surface area contributed by atoms with Gasteiger partial charge < -0.3 is 5.32 Å². The summed E-state index contributed by atoms with van der Waals surface area (Å²) in [5.41, 5.74) is 1.96. The second kappa shape index (κ2) is 4.37. The minimum absolute atomic E-state index is 0.426. The van der Waals surface area contributed by atoms with Crippen molar-refractivity contribution in [2.45, 2.75) is 25.4 Å². The molecule has 2 aliphatic rings. The van der Waals surface area contributed by atoms with Gasteiger partial charge in [-0.25, -0.2) is 0 Å². The van der Waals surface area contributed by atoms with Gasteiger partial charge in [-0.2, -0.15) is 13.2 Å². The Morgan fingerprint density at radius 3 is 2.16 bits per heavy atom. The molecule has 1 aromatic rings. The molecule has 0 saturated carbocycles. The molecule has 4 heteroatoms. The molecule has 1 aromatic carbocycles. The Morgan fingerprint density at radius 2 is 1.74 bits per heavy atom. The van der Waals surface area contributed by atoms with Gasteiger partial charge >= 0.3 is 6.18 Å². The first-order valence-corrected chi connectivity index (χ1v) is 6.56. The first kappa shape index (κ1) is 12.7. The zero-order chi connectivity index (χ0) is 13.5. The van der Waals surface area contributed by atoms with E-state index in [2.05, 4.69) is 11.4 Å². The van der Waals surface area contributed by atoms with Gasteiger partial charge in [0.05, 0.1) is 5.56 Å². The van der Waals surface area contributed by atoms with Crippen LogP contribution in [-0.2, 0) is 6.18 Å². The molecule has 102 valence electrons. The van der Waals surface area contributed by atoms with Crippen molar-refractivity contribution >= 4 is 5.57 Å². The molecule has 1 N–H and O–H groups in total. The van der Waals surface area contributed by atoms with Crippen molar-refractivity contribution in [3.63, 3.8) is 0 Å². The highest BCUT2D eigenvalue weighted by atomic mass is 19.4. The van der Waals surface area contributed by atoms with Crippen molar-refractivity contribution in [1.82, 2.24) is 5.32 Å². The van der Waals surface area contributed by atoms with E-state index < -0.39 is 11.7 Å². The topological polar surface area (TPSA) is 12.0 Å². The van der Waals surface area contributed by atoms with Crippen LogP contribution in [-0.4, -0.2) is 13.1 Å². The third kappa shape index (κ3) is 2.41. The number of alkyl halides is 3. The maximum absolute atomic E-state index is 12.5. The Balaban J connectivity index is 1.76. The lowest BCUT2D eigenvalue weighted by Gasteiger charge is -2.44. The Bertz CT molecular complexity index is 495. The number of halogens is 3. The third-order valence-electron chi connectivity index (χ3n) is 4.29. The van der Waals surface area contributed by atoms with Gasteiger partial charge in [0.15, 0.2) is 0 Å². The smallest absolute Gasteiger partial charge is 0.316 e. The van der Waals surface area contributed by atoms with Crippen LogP contribution in [0.25, 0.3) is 5.57 Å². The lowest BCUT2D eigenvalue weighted by Crippen LogP contribution is -2.53. The van der Waals surface area contributed by atoms with Crippen LogP contribution in [0.5, 0.6) is 0 Å². The summed E-state index contributed by atoms with van der Waals surface area (Å²) in [6.45, 7) is 2.15. The molecular weight excluding hydrogens is 251 g/mol. The molecule has 1 heterocycles. The minimum Gasteiger partial charge on any atom is -0.316 e. The number of rotatable bonds is 1. The van der Waals surface area contributed by atoms with E-state index >= 15 is 0 Å². The fourth-order valence-corrected chi connectivity index (χ4v) is 2.88. The second-order valence-electron chi connectivity index (χ2n) is 5.61. The van der Waals surface area contributed by atoms with E-state index in [9.17, 15) is 13.2 Å². The molecule has 1 saturated heterocycles. The molecule has 1 aliphatic carbocycles. The van der Waals surface area contributed by atoms with Crippen LogP contribution in [0, 0.1) is 5.41 Å². The van der Waals surface area contributed by atoms with Gasteiger partial charge in [0.1, 0.15) is 0 Å². The monoisotopic (exact) mass is 267 g/mol. The number of hydrogen-bond acceptors (Lipinski definition) is 1.